The van der Waals surface area contributed by atoms with Gasteiger partial charge in [-0.15, -0.1) is 11.3 Å². The third-order valence-corrected chi connectivity index (χ3v) is 6.96. The second-order valence-electron chi connectivity index (χ2n) is 6.82. The second kappa shape index (κ2) is 7.02. The molecule has 2 aromatic heterocycles. The number of morpholine rings is 1. The number of hydrogen-bond donors (Lipinski definition) is 0. The van der Waals surface area contributed by atoms with Crippen LogP contribution in [0.5, 0.6) is 0 Å². The van der Waals surface area contributed by atoms with E-state index in [-0.39, 0.29) is 5.60 Å². The number of rotatable bonds is 4. The Morgan fingerprint density at radius 1 is 1.24 bits per heavy atom. The number of nitrogens with zero attached hydrogens (tertiary/aromatic N) is 3. The maximum atomic E-state index is 6.16. The van der Waals surface area contributed by atoms with Crippen molar-refractivity contribution in [3.63, 3.8) is 0 Å². The van der Waals surface area contributed by atoms with Crippen molar-refractivity contribution in [2.45, 2.75) is 51.0 Å². The number of anilines is 1. The van der Waals surface area contributed by atoms with Gasteiger partial charge in [-0.3, -0.25) is 0 Å². The van der Waals surface area contributed by atoms with Crippen LogP contribution in [0.25, 0.3) is 10.2 Å². The molecular weight excluding hydrogens is 354 g/mol. The molecule has 5 nitrogen and oxygen atoms in total. The van der Waals surface area contributed by atoms with Gasteiger partial charge < -0.3 is 14.4 Å². The van der Waals surface area contributed by atoms with Crippen molar-refractivity contribution >= 4 is 39.1 Å². The first-order valence-electron chi connectivity index (χ1n) is 9.05. The molecule has 0 aromatic carbocycles. The van der Waals surface area contributed by atoms with E-state index in [9.17, 15) is 0 Å². The maximum Gasteiger partial charge on any atom is 0.190 e. The molecule has 25 heavy (non-hydrogen) atoms. The molecule has 4 heterocycles. The monoisotopic (exact) mass is 379 g/mol. The lowest BCUT2D eigenvalue weighted by molar-refractivity contribution is -0.0543. The predicted octanol–water partition coefficient (Wildman–Crippen LogP) is 3.88. The number of thioether (sulfide) groups is 1. The standard InChI is InChI=1S/C18H25N3O2S2/c1-4-18(3)10-12-13(11-23-18)25-16-14(12)15(19-17(20-16)24-5-2)21-6-8-22-9-7-21/h4-11H2,1-3H3/t18-/m1/s1. The van der Waals surface area contributed by atoms with Crippen LogP contribution >= 0.6 is 23.1 Å². The molecule has 1 saturated heterocycles. The average Bonchev–Trinajstić information content (AvgIpc) is 2.99. The summed E-state index contributed by atoms with van der Waals surface area (Å²) >= 11 is 3.50. The summed E-state index contributed by atoms with van der Waals surface area (Å²) < 4.78 is 11.7. The van der Waals surface area contributed by atoms with Gasteiger partial charge in [0.05, 0.1) is 30.8 Å². The SMILES string of the molecule is CCSc1nc(N2CCOCC2)c2c3c(sc2n1)CO[C@](C)(CC)C3. The minimum atomic E-state index is -0.0832. The van der Waals surface area contributed by atoms with E-state index in [2.05, 4.69) is 25.7 Å². The first-order valence-corrected chi connectivity index (χ1v) is 10.9. The third kappa shape index (κ3) is 3.27. The van der Waals surface area contributed by atoms with E-state index < -0.39 is 0 Å². The Morgan fingerprint density at radius 3 is 2.76 bits per heavy atom. The Balaban J connectivity index is 1.86. The van der Waals surface area contributed by atoms with Gasteiger partial charge in [0.25, 0.3) is 0 Å². The van der Waals surface area contributed by atoms with Crippen LogP contribution in [0.2, 0.25) is 0 Å². The summed E-state index contributed by atoms with van der Waals surface area (Å²) in [6, 6.07) is 0. The number of fused-ring (bicyclic) bond motifs is 3. The van der Waals surface area contributed by atoms with Crippen LogP contribution in [-0.2, 0) is 22.5 Å². The molecule has 0 spiro atoms. The van der Waals surface area contributed by atoms with Gasteiger partial charge in [0.1, 0.15) is 10.6 Å². The van der Waals surface area contributed by atoms with E-state index in [1.165, 1.54) is 15.8 Å². The Bertz CT molecular complexity index is 773. The number of thiophene rings is 1. The molecule has 0 aliphatic carbocycles. The maximum absolute atomic E-state index is 6.16. The highest BCUT2D eigenvalue weighted by Gasteiger charge is 2.34. The van der Waals surface area contributed by atoms with Gasteiger partial charge in [0, 0.05) is 24.4 Å². The topological polar surface area (TPSA) is 47.5 Å². The normalized spacial score (nSPS) is 23.9. The highest BCUT2D eigenvalue weighted by molar-refractivity contribution is 7.99. The molecule has 0 saturated carbocycles. The van der Waals surface area contributed by atoms with E-state index >= 15 is 0 Å². The fourth-order valence-corrected chi connectivity index (χ4v) is 5.18. The minimum absolute atomic E-state index is 0.0832. The zero-order valence-corrected chi connectivity index (χ0v) is 16.8. The summed E-state index contributed by atoms with van der Waals surface area (Å²) in [6.45, 7) is 10.6. The Morgan fingerprint density at radius 2 is 2.04 bits per heavy atom. The van der Waals surface area contributed by atoms with Gasteiger partial charge in [0.2, 0.25) is 0 Å². The molecule has 2 aromatic rings. The van der Waals surface area contributed by atoms with Crippen molar-refractivity contribution in [3.05, 3.63) is 10.4 Å². The molecule has 0 amide bonds. The summed E-state index contributed by atoms with van der Waals surface area (Å²) in [6.07, 6.45) is 1.96. The summed E-state index contributed by atoms with van der Waals surface area (Å²) in [4.78, 5) is 14.6. The number of ether oxygens (including phenoxy) is 2. The van der Waals surface area contributed by atoms with Crippen molar-refractivity contribution in [2.75, 3.05) is 37.0 Å². The van der Waals surface area contributed by atoms with Gasteiger partial charge in [-0.05, 0) is 24.7 Å². The fourth-order valence-electron chi connectivity index (χ4n) is 3.46. The van der Waals surface area contributed by atoms with Gasteiger partial charge in [-0.25, -0.2) is 9.97 Å². The van der Waals surface area contributed by atoms with Crippen LogP contribution in [-0.4, -0.2) is 47.6 Å². The fraction of sp³-hybridized carbons (Fsp3) is 0.667. The lowest BCUT2D eigenvalue weighted by Crippen LogP contribution is -2.37. The zero-order valence-electron chi connectivity index (χ0n) is 15.1. The minimum Gasteiger partial charge on any atom is -0.378 e. The van der Waals surface area contributed by atoms with Crippen molar-refractivity contribution in [1.82, 2.24) is 9.97 Å². The van der Waals surface area contributed by atoms with E-state index in [0.29, 0.717) is 6.61 Å². The van der Waals surface area contributed by atoms with Crippen LogP contribution < -0.4 is 4.90 Å². The van der Waals surface area contributed by atoms with Gasteiger partial charge >= 0.3 is 0 Å². The van der Waals surface area contributed by atoms with Gasteiger partial charge in [-0.1, -0.05) is 25.6 Å². The van der Waals surface area contributed by atoms with Crippen LogP contribution in [0, 0.1) is 0 Å². The second-order valence-corrected chi connectivity index (χ2v) is 9.13. The molecule has 4 rings (SSSR count). The molecule has 1 fully saturated rings. The van der Waals surface area contributed by atoms with E-state index in [0.717, 1.165) is 60.7 Å². The highest BCUT2D eigenvalue weighted by Crippen LogP contribution is 2.43. The molecular formula is C18H25N3O2S2. The summed E-state index contributed by atoms with van der Waals surface area (Å²) in [5.41, 5.74) is 1.32. The van der Waals surface area contributed by atoms with Crippen molar-refractivity contribution < 1.29 is 9.47 Å². The first-order chi connectivity index (χ1) is 12.1. The predicted molar refractivity (Wildman–Crippen MR) is 104 cm³/mol. The average molecular weight is 380 g/mol. The largest absolute Gasteiger partial charge is 0.378 e. The number of aromatic nitrogens is 2. The molecule has 2 aliphatic rings. The van der Waals surface area contributed by atoms with Gasteiger partial charge in [-0.2, -0.15) is 0 Å². The van der Waals surface area contributed by atoms with Gasteiger partial charge in [0.15, 0.2) is 5.16 Å². The van der Waals surface area contributed by atoms with Crippen molar-refractivity contribution in [1.29, 1.82) is 0 Å². The Hall–Kier alpha value is -0.890. The molecule has 2 aliphatic heterocycles. The Labute approximate surface area is 157 Å². The van der Waals surface area contributed by atoms with E-state index in [4.69, 9.17) is 19.4 Å². The lowest BCUT2D eigenvalue weighted by atomic mass is 9.90. The summed E-state index contributed by atoms with van der Waals surface area (Å²) in [7, 11) is 0. The molecule has 0 bridgehead atoms. The molecule has 0 N–H and O–H groups in total. The zero-order chi connectivity index (χ0) is 17.4. The Kier molecular flexibility index (Phi) is 4.92. The summed E-state index contributed by atoms with van der Waals surface area (Å²) in [5, 5.41) is 2.14. The van der Waals surface area contributed by atoms with E-state index in [1.807, 2.05) is 0 Å². The van der Waals surface area contributed by atoms with Crippen molar-refractivity contribution in [2.24, 2.45) is 0 Å². The van der Waals surface area contributed by atoms with Crippen LogP contribution in [0.3, 0.4) is 0 Å². The first kappa shape index (κ1) is 17.5. The highest BCUT2D eigenvalue weighted by atomic mass is 32.2. The lowest BCUT2D eigenvalue weighted by Gasteiger charge is -2.34. The number of hydrogen-bond acceptors (Lipinski definition) is 7. The molecule has 7 heteroatoms. The van der Waals surface area contributed by atoms with Crippen molar-refractivity contribution in [3.8, 4) is 0 Å². The summed E-state index contributed by atoms with van der Waals surface area (Å²) in [5.74, 6) is 2.08. The quantitative estimate of drug-likeness (QED) is 0.593. The molecule has 1 atom stereocenters. The van der Waals surface area contributed by atoms with Crippen LogP contribution in [0.15, 0.2) is 5.16 Å². The van der Waals surface area contributed by atoms with E-state index in [1.54, 1.807) is 23.1 Å². The molecule has 136 valence electrons. The smallest absolute Gasteiger partial charge is 0.190 e. The third-order valence-electron chi connectivity index (χ3n) is 5.13. The molecule has 0 radical (unpaired) electrons. The molecule has 0 unspecified atom stereocenters. The van der Waals surface area contributed by atoms with Crippen LogP contribution in [0.4, 0.5) is 5.82 Å². The van der Waals surface area contributed by atoms with Crippen LogP contribution in [0.1, 0.15) is 37.6 Å².